The van der Waals surface area contributed by atoms with E-state index in [1.165, 1.54) is 7.11 Å². The largest absolute Gasteiger partial charge is 0.344 e. The molecule has 0 radical (unpaired) electrons. The zero-order valence-electron chi connectivity index (χ0n) is 7.26. The summed E-state index contributed by atoms with van der Waals surface area (Å²) in [7, 11) is 1.36. The van der Waals surface area contributed by atoms with Gasteiger partial charge in [-0.3, -0.25) is 9.63 Å². The number of aromatic nitrogens is 1. The van der Waals surface area contributed by atoms with Gasteiger partial charge in [0.15, 0.2) is 0 Å². The van der Waals surface area contributed by atoms with Gasteiger partial charge in [-0.15, -0.1) is 0 Å². The first-order valence-electron chi connectivity index (χ1n) is 3.57. The summed E-state index contributed by atoms with van der Waals surface area (Å²) in [4.78, 5) is 15.5. The summed E-state index contributed by atoms with van der Waals surface area (Å²) in [5, 5.41) is 3.74. The van der Waals surface area contributed by atoms with Crippen molar-refractivity contribution in [1.82, 2.24) is 10.6 Å². The first-order valence-corrected chi connectivity index (χ1v) is 3.95. The van der Waals surface area contributed by atoms with Crippen LogP contribution in [-0.4, -0.2) is 18.2 Å². The maximum atomic E-state index is 11.1. The fourth-order valence-electron chi connectivity index (χ4n) is 0.869. The minimum Gasteiger partial charge on any atom is -0.344 e. The van der Waals surface area contributed by atoms with Crippen molar-refractivity contribution in [2.24, 2.45) is 0 Å². The smallest absolute Gasteiger partial charge is 0.248 e. The molecule has 0 unspecified atom stereocenters. The lowest BCUT2D eigenvalue weighted by Crippen LogP contribution is -2.23. The highest BCUT2D eigenvalue weighted by Gasteiger charge is 2.14. The summed E-state index contributed by atoms with van der Waals surface area (Å²) in [5.41, 5.74) is 3.36. The molecule has 0 atom stereocenters. The third kappa shape index (κ3) is 2.43. The highest BCUT2D eigenvalue weighted by Crippen LogP contribution is 2.19. The lowest BCUT2D eigenvalue weighted by molar-refractivity contribution is -0.130. The maximum Gasteiger partial charge on any atom is 0.248 e. The Balaban J connectivity index is 2.68. The van der Waals surface area contributed by atoms with Crippen molar-refractivity contribution in [2.45, 2.75) is 13.3 Å². The van der Waals surface area contributed by atoms with E-state index in [1.807, 2.05) is 0 Å². The number of nitrogens with zero attached hydrogens (tertiary/aromatic N) is 1. The van der Waals surface area contributed by atoms with Crippen molar-refractivity contribution >= 4 is 17.5 Å². The van der Waals surface area contributed by atoms with Gasteiger partial charge in [0.1, 0.15) is 0 Å². The Kier molecular flexibility index (Phi) is 3.27. The number of halogens is 1. The van der Waals surface area contributed by atoms with Crippen LogP contribution in [0.4, 0.5) is 0 Å². The van der Waals surface area contributed by atoms with Crippen LogP contribution in [-0.2, 0) is 16.1 Å². The average Bonchev–Trinajstić information content (AvgIpc) is 2.36. The minimum absolute atomic E-state index is 0.0992. The van der Waals surface area contributed by atoms with E-state index in [9.17, 15) is 4.79 Å². The molecule has 1 aromatic rings. The summed E-state index contributed by atoms with van der Waals surface area (Å²) < 4.78 is 4.67. The summed E-state index contributed by atoms with van der Waals surface area (Å²) in [6.07, 6.45) is 0.0992. The van der Waals surface area contributed by atoms with E-state index in [-0.39, 0.29) is 17.5 Å². The fourth-order valence-corrected chi connectivity index (χ4v) is 1.11. The van der Waals surface area contributed by atoms with Crippen molar-refractivity contribution in [1.29, 1.82) is 0 Å². The monoisotopic (exact) mass is 204 g/mol. The van der Waals surface area contributed by atoms with Crippen molar-refractivity contribution in [3.05, 3.63) is 16.5 Å². The number of hydroxylamine groups is 1. The molecule has 72 valence electrons. The number of aryl methyl sites for hydroxylation is 1. The predicted molar refractivity (Wildman–Crippen MR) is 45.1 cm³/mol. The quantitative estimate of drug-likeness (QED) is 0.742. The second-order valence-corrected chi connectivity index (χ2v) is 2.77. The molecule has 0 saturated heterocycles. The molecule has 1 aromatic heterocycles. The molecule has 0 spiro atoms. The highest BCUT2D eigenvalue weighted by atomic mass is 35.5. The summed E-state index contributed by atoms with van der Waals surface area (Å²) in [6.45, 7) is 1.71. The van der Waals surface area contributed by atoms with Crippen LogP contribution in [0.15, 0.2) is 4.52 Å². The molecule has 1 amide bonds. The van der Waals surface area contributed by atoms with Crippen LogP contribution in [0.25, 0.3) is 0 Å². The maximum absolute atomic E-state index is 11.1. The van der Waals surface area contributed by atoms with E-state index >= 15 is 0 Å². The Morgan fingerprint density at radius 3 is 2.92 bits per heavy atom. The fraction of sp³-hybridized carbons (Fsp3) is 0.429. The third-order valence-corrected chi connectivity index (χ3v) is 1.79. The van der Waals surface area contributed by atoms with E-state index in [1.54, 1.807) is 6.92 Å². The second kappa shape index (κ2) is 4.25. The number of amides is 1. The van der Waals surface area contributed by atoms with E-state index in [0.717, 1.165) is 0 Å². The number of hydrogen-bond donors (Lipinski definition) is 1. The first-order chi connectivity index (χ1) is 6.15. The van der Waals surface area contributed by atoms with Crippen LogP contribution < -0.4 is 5.48 Å². The Morgan fingerprint density at radius 2 is 2.46 bits per heavy atom. The van der Waals surface area contributed by atoms with Gasteiger partial charge in [0.25, 0.3) is 0 Å². The van der Waals surface area contributed by atoms with Gasteiger partial charge in [0.2, 0.25) is 11.1 Å². The van der Waals surface area contributed by atoms with E-state index < -0.39 is 0 Å². The molecule has 1 heterocycles. The molecule has 0 aromatic carbocycles. The number of carbonyl (C=O) groups is 1. The van der Waals surface area contributed by atoms with Crippen LogP contribution in [0.3, 0.4) is 0 Å². The van der Waals surface area contributed by atoms with Crippen LogP contribution in [0.1, 0.15) is 11.3 Å². The molecule has 0 bridgehead atoms. The Labute approximate surface area is 79.9 Å². The number of carbonyl (C=O) groups excluding carboxylic acids is 1. The topological polar surface area (TPSA) is 64.4 Å². The molecule has 1 rings (SSSR count). The van der Waals surface area contributed by atoms with Gasteiger partial charge in [-0.2, -0.15) is 0 Å². The molecule has 0 aliphatic carbocycles. The van der Waals surface area contributed by atoms with Gasteiger partial charge >= 0.3 is 0 Å². The van der Waals surface area contributed by atoms with Gasteiger partial charge in [-0.1, -0.05) is 5.16 Å². The zero-order valence-corrected chi connectivity index (χ0v) is 8.01. The highest BCUT2D eigenvalue weighted by molar-refractivity contribution is 6.29. The second-order valence-electron chi connectivity index (χ2n) is 2.43. The number of nitrogens with one attached hydrogen (secondary N) is 1. The van der Waals surface area contributed by atoms with Crippen molar-refractivity contribution in [3.8, 4) is 0 Å². The normalized spacial score (nSPS) is 10.1. The average molecular weight is 205 g/mol. The van der Waals surface area contributed by atoms with E-state index in [2.05, 4.69) is 20.0 Å². The molecule has 0 aliphatic rings. The summed E-state index contributed by atoms with van der Waals surface area (Å²) in [6, 6.07) is 0. The number of rotatable bonds is 3. The van der Waals surface area contributed by atoms with Gasteiger partial charge in [-0.25, -0.2) is 5.48 Å². The predicted octanol–water partition coefficient (Wildman–Crippen LogP) is 0.857. The first kappa shape index (κ1) is 10.0. The molecular formula is C7H9ClN2O3. The lowest BCUT2D eigenvalue weighted by Gasteiger charge is -1.99. The van der Waals surface area contributed by atoms with Gasteiger partial charge in [0.05, 0.1) is 19.2 Å². The van der Waals surface area contributed by atoms with Crippen molar-refractivity contribution in [3.63, 3.8) is 0 Å². The Bertz CT molecular complexity index is 291. The van der Waals surface area contributed by atoms with Crippen LogP contribution in [0.5, 0.6) is 0 Å². The number of hydrogen-bond acceptors (Lipinski definition) is 4. The zero-order chi connectivity index (χ0) is 9.84. The standard InChI is InChI=1S/C7H9ClN2O3/c1-4-5(7(8)13-9-4)3-6(11)10-12-2/h3H2,1-2H3,(H,10,11). The van der Waals surface area contributed by atoms with Crippen molar-refractivity contribution < 1.29 is 14.2 Å². The van der Waals surface area contributed by atoms with Crippen LogP contribution in [0.2, 0.25) is 5.22 Å². The van der Waals surface area contributed by atoms with Gasteiger partial charge in [0, 0.05) is 5.56 Å². The third-order valence-electron chi connectivity index (χ3n) is 1.49. The SMILES string of the molecule is CONC(=O)Cc1c(C)noc1Cl. The van der Waals surface area contributed by atoms with Crippen LogP contribution >= 0.6 is 11.6 Å². The Hall–Kier alpha value is -1.07. The molecule has 13 heavy (non-hydrogen) atoms. The Morgan fingerprint density at radius 1 is 1.77 bits per heavy atom. The van der Waals surface area contributed by atoms with Crippen LogP contribution in [0, 0.1) is 6.92 Å². The molecule has 5 nitrogen and oxygen atoms in total. The molecule has 0 aliphatic heterocycles. The van der Waals surface area contributed by atoms with Crippen molar-refractivity contribution in [2.75, 3.05) is 7.11 Å². The molecular weight excluding hydrogens is 196 g/mol. The van der Waals surface area contributed by atoms with Gasteiger partial charge in [-0.05, 0) is 18.5 Å². The van der Waals surface area contributed by atoms with E-state index in [4.69, 9.17) is 11.6 Å². The summed E-state index contributed by atoms with van der Waals surface area (Å²) in [5.74, 6) is -0.296. The van der Waals surface area contributed by atoms with E-state index in [0.29, 0.717) is 11.3 Å². The summed E-state index contributed by atoms with van der Waals surface area (Å²) >= 11 is 5.64. The van der Waals surface area contributed by atoms with Gasteiger partial charge < -0.3 is 4.52 Å². The molecule has 6 heteroatoms. The molecule has 0 fully saturated rings. The molecule has 1 N–H and O–H groups in total. The molecule has 0 saturated carbocycles. The lowest BCUT2D eigenvalue weighted by atomic mass is 10.2. The minimum atomic E-state index is -0.296.